The molecule has 0 aliphatic carbocycles. The maximum absolute atomic E-state index is 12.1. The highest BCUT2D eigenvalue weighted by Gasteiger charge is 2.14. The second-order valence-corrected chi connectivity index (χ2v) is 7.55. The third-order valence-electron chi connectivity index (χ3n) is 4.36. The number of rotatable bonds is 8. The predicted octanol–water partition coefficient (Wildman–Crippen LogP) is 4.55. The van der Waals surface area contributed by atoms with Gasteiger partial charge in [0.2, 0.25) is 5.16 Å². The van der Waals surface area contributed by atoms with E-state index in [0.717, 1.165) is 22.4 Å². The van der Waals surface area contributed by atoms with Gasteiger partial charge in [0.1, 0.15) is 11.4 Å². The van der Waals surface area contributed by atoms with E-state index >= 15 is 0 Å². The van der Waals surface area contributed by atoms with Gasteiger partial charge in [0, 0.05) is 11.1 Å². The van der Waals surface area contributed by atoms with Crippen LogP contribution >= 0.6 is 11.8 Å². The quantitative estimate of drug-likeness (QED) is 0.328. The molecule has 1 N–H and O–H groups in total. The zero-order valence-electron chi connectivity index (χ0n) is 16.6. The Hall–Kier alpha value is -3.55. The molecule has 0 saturated heterocycles. The summed E-state index contributed by atoms with van der Waals surface area (Å²) < 4.78 is 0. The summed E-state index contributed by atoms with van der Waals surface area (Å²) in [6, 6.07) is 29.3. The molecule has 1 amide bonds. The van der Waals surface area contributed by atoms with Crippen molar-refractivity contribution in [2.75, 3.05) is 5.75 Å². The third kappa shape index (κ3) is 5.75. The SMILES string of the molecule is O=C(CSc1nnc(-c2ccccc2)c(-c2ccccc2)n1)NOCc1ccccc1. The molecule has 3 aromatic carbocycles. The number of hydrogen-bond acceptors (Lipinski definition) is 6. The van der Waals surface area contributed by atoms with E-state index in [-0.39, 0.29) is 11.7 Å². The number of thioether (sulfide) groups is 1. The highest BCUT2D eigenvalue weighted by atomic mass is 32.2. The van der Waals surface area contributed by atoms with E-state index in [0.29, 0.717) is 17.5 Å². The van der Waals surface area contributed by atoms with Gasteiger partial charge in [-0.2, -0.15) is 0 Å². The van der Waals surface area contributed by atoms with Crippen molar-refractivity contribution < 1.29 is 9.63 Å². The molecule has 4 aromatic rings. The molecule has 0 aliphatic heterocycles. The number of nitrogens with one attached hydrogen (secondary N) is 1. The molecule has 4 rings (SSSR count). The number of carbonyl (C=O) groups is 1. The Balaban J connectivity index is 1.43. The fraction of sp³-hybridized carbons (Fsp3) is 0.0833. The normalized spacial score (nSPS) is 10.6. The van der Waals surface area contributed by atoms with Crippen molar-refractivity contribution in [2.24, 2.45) is 0 Å². The molecule has 154 valence electrons. The Bertz CT molecular complexity index is 1130. The monoisotopic (exact) mass is 428 g/mol. The van der Waals surface area contributed by atoms with Crippen LogP contribution in [0.1, 0.15) is 5.56 Å². The van der Waals surface area contributed by atoms with Crippen molar-refractivity contribution in [3.05, 3.63) is 96.6 Å². The van der Waals surface area contributed by atoms with Crippen molar-refractivity contribution in [1.82, 2.24) is 20.7 Å². The smallest absolute Gasteiger partial charge is 0.254 e. The molecule has 31 heavy (non-hydrogen) atoms. The first-order chi connectivity index (χ1) is 15.3. The van der Waals surface area contributed by atoms with Crippen molar-refractivity contribution in [1.29, 1.82) is 0 Å². The van der Waals surface area contributed by atoms with Crippen LogP contribution in [0.3, 0.4) is 0 Å². The number of nitrogens with zero attached hydrogens (tertiary/aromatic N) is 3. The lowest BCUT2D eigenvalue weighted by molar-refractivity contribution is -0.131. The van der Waals surface area contributed by atoms with Gasteiger partial charge >= 0.3 is 0 Å². The van der Waals surface area contributed by atoms with Gasteiger partial charge in [-0.3, -0.25) is 9.63 Å². The minimum absolute atomic E-state index is 0.120. The Morgan fingerprint density at radius 2 is 1.35 bits per heavy atom. The van der Waals surface area contributed by atoms with Crippen LogP contribution in [0.25, 0.3) is 22.5 Å². The van der Waals surface area contributed by atoms with Gasteiger partial charge in [0.25, 0.3) is 5.91 Å². The van der Waals surface area contributed by atoms with E-state index in [1.54, 1.807) is 0 Å². The predicted molar refractivity (Wildman–Crippen MR) is 121 cm³/mol. The summed E-state index contributed by atoms with van der Waals surface area (Å²) >= 11 is 1.21. The number of carbonyl (C=O) groups excluding carboxylic acids is 1. The number of benzene rings is 3. The van der Waals surface area contributed by atoms with Crippen molar-refractivity contribution in [3.63, 3.8) is 0 Å². The highest BCUT2D eigenvalue weighted by molar-refractivity contribution is 7.99. The number of aromatic nitrogens is 3. The summed E-state index contributed by atoms with van der Waals surface area (Å²) in [6.45, 7) is 0.305. The molecule has 7 heteroatoms. The minimum atomic E-state index is -0.266. The van der Waals surface area contributed by atoms with Crippen molar-refractivity contribution in [3.8, 4) is 22.5 Å². The molecule has 0 aliphatic rings. The van der Waals surface area contributed by atoms with Crippen LogP contribution in [0.5, 0.6) is 0 Å². The molecule has 0 atom stereocenters. The van der Waals surface area contributed by atoms with E-state index in [2.05, 4.69) is 20.7 Å². The lowest BCUT2D eigenvalue weighted by atomic mass is 10.0. The molecular formula is C24H20N4O2S. The molecule has 0 unspecified atom stereocenters. The number of amides is 1. The summed E-state index contributed by atoms with van der Waals surface area (Å²) in [5.41, 5.74) is 6.73. The highest BCUT2D eigenvalue weighted by Crippen LogP contribution is 2.29. The number of hydroxylamine groups is 1. The standard InChI is InChI=1S/C24H20N4O2S/c29-21(28-30-16-18-10-4-1-5-11-18)17-31-24-25-22(19-12-6-2-7-13-19)23(26-27-24)20-14-8-3-9-15-20/h1-15H,16-17H2,(H,28,29). The Labute approximate surface area is 184 Å². The van der Waals surface area contributed by atoms with Crippen molar-refractivity contribution >= 4 is 17.7 Å². The largest absolute Gasteiger partial charge is 0.272 e. The van der Waals surface area contributed by atoms with E-state index in [1.807, 2.05) is 91.0 Å². The minimum Gasteiger partial charge on any atom is -0.272 e. The fourth-order valence-corrected chi connectivity index (χ4v) is 3.47. The first-order valence-electron chi connectivity index (χ1n) is 9.72. The summed E-state index contributed by atoms with van der Waals surface area (Å²) in [6.07, 6.45) is 0. The molecule has 0 radical (unpaired) electrons. The fourth-order valence-electron chi connectivity index (χ4n) is 2.89. The van der Waals surface area contributed by atoms with Crippen LogP contribution < -0.4 is 5.48 Å². The van der Waals surface area contributed by atoms with Gasteiger partial charge in [-0.05, 0) is 5.56 Å². The van der Waals surface area contributed by atoms with E-state index < -0.39 is 0 Å². The topological polar surface area (TPSA) is 77.0 Å². The molecule has 0 spiro atoms. The third-order valence-corrected chi connectivity index (χ3v) is 5.20. The lowest BCUT2D eigenvalue weighted by Crippen LogP contribution is -2.25. The maximum Gasteiger partial charge on any atom is 0.254 e. The first-order valence-corrected chi connectivity index (χ1v) is 10.7. The van der Waals surface area contributed by atoms with Crippen LogP contribution in [0.2, 0.25) is 0 Å². The molecule has 0 saturated carbocycles. The van der Waals surface area contributed by atoms with Crippen molar-refractivity contribution in [2.45, 2.75) is 11.8 Å². The Morgan fingerprint density at radius 1 is 0.774 bits per heavy atom. The second kappa shape index (κ2) is 10.5. The Morgan fingerprint density at radius 3 is 2.00 bits per heavy atom. The molecular weight excluding hydrogens is 408 g/mol. The molecule has 0 fully saturated rings. The van der Waals surface area contributed by atoms with Gasteiger partial charge in [-0.1, -0.05) is 103 Å². The number of hydrogen-bond donors (Lipinski definition) is 1. The van der Waals surface area contributed by atoms with Gasteiger partial charge in [0.05, 0.1) is 12.4 Å². The van der Waals surface area contributed by atoms with Gasteiger partial charge in [-0.15, -0.1) is 10.2 Å². The lowest BCUT2D eigenvalue weighted by Gasteiger charge is -2.09. The van der Waals surface area contributed by atoms with E-state index in [1.165, 1.54) is 11.8 Å². The zero-order valence-corrected chi connectivity index (χ0v) is 17.5. The van der Waals surface area contributed by atoms with Crippen LogP contribution in [-0.2, 0) is 16.2 Å². The molecule has 0 bridgehead atoms. The second-order valence-electron chi connectivity index (χ2n) is 6.61. The molecule has 6 nitrogen and oxygen atoms in total. The van der Waals surface area contributed by atoms with Gasteiger partial charge in [0.15, 0.2) is 0 Å². The average Bonchev–Trinajstić information content (AvgIpc) is 2.84. The van der Waals surface area contributed by atoms with Crippen LogP contribution in [0, 0.1) is 0 Å². The summed E-state index contributed by atoms with van der Waals surface area (Å²) in [5.74, 6) is -0.145. The van der Waals surface area contributed by atoms with E-state index in [9.17, 15) is 4.79 Å². The first kappa shape index (κ1) is 20.7. The molecule has 1 aromatic heterocycles. The Kier molecular flexibility index (Phi) is 7.00. The zero-order chi connectivity index (χ0) is 21.3. The average molecular weight is 429 g/mol. The summed E-state index contributed by atoms with van der Waals surface area (Å²) in [4.78, 5) is 22.1. The van der Waals surface area contributed by atoms with Crippen LogP contribution in [0.15, 0.2) is 96.2 Å². The van der Waals surface area contributed by atoms with Gasteiger partial charge in [-0.25, -0.2) is 10.5 Å². The van der Waals surface area contributed by atoms with E-state index in [4.69, 9.17) is 4.84 Å². The molecule has 1 heterocycles. The summed E-state index contributed by atoms with van der Waals surface area (Å²) in [7, 11) is 0. The maximum atomic E-state index is 12.1. The van der Waals surface area contributed by atoms with Gasteiger partial charge < -0.3 is 0 Å². The summed E-state index contributed by atoms with van der Waals surface area (Å²) in [5, 5.41) is 9.06. The van der Waals surface area contributed by atoms with Crippen LogP contribution in [-0.4, -0.2) is 26.8 Å². The van der Waals surface area contributed by atoms with Crippen LogP contribution in [0.4, 0.5) is 0 Å².